The molecule has 0 rings (SSSR count). The minimum absolute atomic E-state index is 0.178. The summed E-state index contributed by atoms with van der Waals surface area (Å²) in [5, 5.41) is 9.75. The molecule has 0 aliphatic heterocycles. The lowest BCUT2D eigenvalue weighted by molar-refractivity contribution is -0.870. The number of quaternary nitrogens is 1. The average Bonchev–Trinajstić information content (AvgIpc) is 3.49. The molecule has 0 bridgehead atoms. The zero-order valence-corrected chi connectivity index (χ0v) is 56.8. The lowest BCUT2D eigenvalue weighted by Gasteiger charge is -2.25. The Morgan fingerprint density at radius 2 is 0.671 bits per heavy atom. The number of hydrogen-bond acceptors (Lipinski definition) is 7. The van der Waals surface area contributed by atoms with Crippen LogP contribution in [-0.2, 0) is 33.3 Å². The Morgan fingerprint density at radius 1 is 0.365 bits per heavy atom. The van der Waals surface area contributed by atoms with Crippen molar-refractivity contribution in [2.75, 3.05) is 47.5 Å². The first-order chi connectivity index (χ1) is 41.6. The van der Waals surface area contributed by atoms with Crippen LogP contribution in [0.15, 0.2) is 60.8 Å². The molecule has 0 aromatic rings. The number of likely N-dealkylation sites (N-methyl/N-ethyl adjacent to an activating group) is 1. The zero-order chi connectivity index (χ0) is 61.9. The highest BCUT2D eigenvalue weighted by Crippen LogP contribution is 2.19. The van der Waals surface area contributed by atoms with E-state index in [1.165, 1.54) is 250 Å². The summed E-state index contributed by atoms with van der Waals surface area (Å²) >= 11 is 0. The van der Waals surface area contributed by atoms with Crippen LogP contribution < -0.4 is 0 Å². The number of unbranched alkanes of at least 4 members (excludes halogenated alkanes) is 43. The maximum Gasteiger partial charge on any atom is 0.361 e. The van der Waals surface area contributed by atoms with Crippen LogP contribution in [0.4, 0.5) is 0 Å². The second-order valence-electron chi connectivity index (χ2n) is 25.9. The number of esters is 2. The van der Waals surface area contributed by atoms with Gasteiger partial charge in [-0.1, -0.05) is 338 Å². The summed E-state index contributed by atoms with van der Waals surface area (Å²) in [7, 11) is 5.99. The largest absolute Gasteiger partial charge is 0.477 e. The van der Waals surface area contributed by atoms with Crippen LogP contribution >= 0.6 is 0 Å². The maximum absolute atomic E-state index is 13.0. The molecular formula is C76H140NO8+. The van der Waals surface area contributed by atoms with E-state index < -0.39 is 18.4 Å². The molecule has 0 amide bonds. The molecule has 0 aliphatic rings. The molecule has 85 heavy (non-hydrogen) atoms. The van der Waals surface area contributed by atoms with Crippen LogP contribution in [0.5, 0.6) is 0 Å². The first-order valence-corrected chi connectivity index (χ1v) is 36.5. The summed E-state index contributed by atoms with van der Waals surface area (Å²) in [6.07, 6.45) is 84.9. The lowest BCUT2D eigenvalue weighted by Crippen LogP contribution is -2.40. The van der Waals surface area contributed by atoms with Crippen LogP contribution in [0.2, 0.25) is 0 Å². The molecule has 0 fully saturated rings. The molecule has 9 heteroatoms. The quantitative estimate of drug-likeness (QED) is 0.0211. The van der Waals surface area contributed by atoms with Crippen molar-refractivity contribution in [3.05, 3.63) is 60.8 Å². The van der Waals surface area contributed by atoms with Gasteiger partial charge in [0.1, 0.15) is 13.2 Å². The second kappa shape index (κ2) is 66.9. The molecule has 9 nitrogen and oxygen atoms in total. The highest BCUT2D eigenvalue weighted by Gasteiger charge is 2.25. The first-order valence-electron chi connectivity index (χ1n) is 36.5. The molecule has 1 N–H and O–H groups in total. The number of rotatable bonds is 68. The summed E-state index contributed by atoms with van der Waals surface area (Å²) in [5.74, 6) is -1.98. The fraction of sp³-hybridized carbons (Fsp3) is 0.829. The molecule has 0 aromatic carbocycles. The van der Waals surface area contributed by atoms with Crippen molar-refractivity contribution in [3.63, 3.8) is 0 Å². The molecule has 0 radical (unpaired) electrons. The number of carbonyl (C=O) groups is 3. The maximum atomic E-state index is 13.0. The molecule has 0 spiro atoms. The third-order valence-electron chi connectivity index (χ3n) is 16.3. The third kappa shape index (κ3) is 68.3. The molecule has 0 saturated carbocycles. The van der Waals surface area contributed by atoms with Crippen LogP contribution in [0.3, 0.4) is 0 Å². The van der Waals surface area contributed by atoms with E-state index in [-0.39, 0.29) is 38.2 Å². The monoisotopic (exact) mass is 1200 g/mol. The fourth-order valence-electron chi connectivity index (χ4n) is 10.8. The van der Waals surface area contributed by atoms with E-state index in [1.54, 1.807) is 0 Å². The van der Waals surface area contributed by atoms with Crippen molar-refractivity contribution in [2.45, 2.75) is 360 Å². The number of allylic oxidation sites excluding steroid dienone is 10. The van der Waals surface area contributed by atoms with Gasteiger partial charge in [-0.25, -0.2) is 4.79 Å². The predicted molar refractivity (Wildman–Crippen MR) is 364 cm³/mol. The highest BCUT2D eigenvalue weighted by molar-refractivity contribution is 5.71. The molecule has 0 saturated heterocycles. The zero-order valence-electron chi connectivity index (χ0n) is 56.8. The topological polar surface area (TPSA) is 108 Å². The predicted octanol–water partition coefficient (Wildman–Crippen LogP) is 22.7. The van der Waals surface area contributed by atoms with Crippen LogP contribution in [0.25, 0.3) is 0 Å². The Balaban J connectivity index is 4.06. The van der Waals surface area contributed by atoms with E-state index in [2.05, 4.69) is 74.6 Å². The molecular weight excluding hydrogens is 1050 g/mol. The van der Waals surface area contributed by atoms with Gasteiger partial charge in [-0.2, -0.15) is 0 Å². The molecule has 0 aliphatic carbocycles. The third-order valence-corrected chi connectivity index (χ3v) is 16.3. The Morgan fingerprint density at radius 3 is 1.00 bits per heavy atom. The van der Waals surface area contributed by atoms with E-state index >= 15 is 0 Å². The van der Waals surface area contributed by atoms with E-state index in [1.807, 2.05) is 21.1 Å². The Kier molecular flexibility index (Phi) is 64.6. The number of ether oxygens (including phenoxy) is 4. The second-order valence-corrected chi connectivity index (χ2v) is 25.9. The van der Waals surface area contributed by atoms with Gasteiger partial charge >= 0.3 is 17.9 Å². The summed E-state index contributed by atoms with van der Waals surface area (Å²) in [4.78, 5) is 37.7. The van der Waals surface area contributed by atoms with Gasteiger partial charge in [0.2, 0.25) is 0 Å². The number of hydrogen-bond donors (Lipinski definition) is 1. The van der Waals surface area contributed by atoms with E-state index in [9.17, 15) is 19.5 Å². The number of aliphatic carboxylic acids is 1. The highest BCUT2D eigenvalue weighted by atomic mass is 16.7. The number of carboxylic acid groups (broad SMARTS) is 1. The minimum atomic E-state index is -1.51. The SMILES string of the molecule is CC/C=C\C/C=C\C/C=C\C/C=C\C/C=C\CCCCCCCCCCCCCCCCCC(=O)OC(COC(=O)CCCCCCCCCCCCCCCCCCCCCCCCCCCCCCC)COC(OCC[N+](C)(C)C)C(=O)O. The van der Waals surface area contributed by atoms with Gasteiger partial charge in [0.05, 0.1) is 34.4 Å². The number of carboxylic acids is 1. The van der Waals surface area contributed by atoms with Crippen LogP contribution in [0, 0.1) is 0 Å². The van der Waals surface area contributed by atoms with Crippen molar-refractivity contribution in [1.29, 1.82) is 0 Å². The molecule has 0 heterocycles. The van der Waals surface area contributed by atoms with E-state index in [0.29, 0.717) is 17.4 Å². The summed E-state index contributed by atoms with van der Waals surface area (Å²) in [6, 6.07) is 0. The molecule has 496 valence electrons. The minimum Gasteiger partial charge on any atom is -0.477 e. The van der Waals surface area contributed by atoms with Gasteiger partial charge in [0, 0.05) is 12.8 Å². The first kappa shape index (κ1) is 82.0. The van der Waals surface area contributed by atoms with Crippen molar-refractivity contribution in [1.82, 2.24) is 0 Å². The Hall–Kier alpha value is -3.01. The smallest absolute Gasteiger partial charge is 0.361 e. The van der Waals surface area contributed by atoms with Crippen LogP contribution in [-0.4, -0.2) is 87.4 Å². The average molecular weight is 1200 g/mol. The Bertz CT molecular complexity index is 1580. The van der Waals surface area contributed by atoms with Crippen LogP contribution in [0.1, 0.15) is 348 Å². The van der Waals surface area contributed by atoms with Crippen molar-refractivity contribution < 1.29 is 42.9 Å². The van der Waals surface area contributed by atoms with Crippen molar-refractivity contribution in [2.24, 2.45) is 0 Å². The lowest BCUT2D eigenvalue weighted by atomic mass is 10.0. The fourth-order valence-corrected chi connectivity index (χ4v) is 10.8. The molecule has 2 unspecified atom stereocenters. The summed E-state index contributed by atoms with van der Waals surface area (Å²) in [6.45, 7) is 4.83. The molecule has 2 atom stereocenters. The van der Waals surface area contributed by atoms with Crippen molar-refractivity contribution in [3.8, 4) is 0 Å². The normalized spacial score (nSPS) is 13.0. The Labute approximate surface area is 526 Å². The van der Waals surface area contributed by atoms with Gasteiger partial charge < -0.3 is 28.5 Å². The standard InChI is InChI=1S/C76H139NO8/c1-6-8-10-12-14-16-18-20-22-24-26-28-30-32-34-36-37-39-41-43-45-47-49-51-53-55-57-59-61-63-65-67-74(79)85-72(71-84-76(75(80)81)82-69-68-77(3,4)5)70-83-73(78)66-64-62-60-58-56-54-52-50-48-46-44-42-40-38-35-33-31-29-27-25-23-21-19-17-15-13-11-9-7-2/h8,10,14,16,20,22,26,28,32,34,72,76H,6-7,9,11-13,15,17-19,21,23-25,27,29-31,33,35-71H2,1-5H3/p+1/b10-8-,16-14-,22-20-,28-26-,34-32-. The summed E-state index contributed by atoms with van der Waals surface area (Å²) < 4.78 is 23.0. The van der Waals surface area contributed by atoms with Gasteiger partial charge in [0.15, 0.2) is 6.10 Å². The number of carbonyl (C=O) groups excluding carboxylic acids is 2. The van der Waals surface area contributed by atoms with E-state index in [0.717, 1.165) is 70.6 Å². The van der Waals surface area contributed by atoms with Gasteiger partial charge in [0.25, 0.3) is 6.29 Å². The van der Waals surface area contributed by atoms with Gasteiger partial charge in [-0.05, 0) is 57.8 Å². The van der Waals surface area contributed by atoms with Gasteiger partial charge in [-0.3, -0.25) is 9.59 Å². The van der Waals surface area contributed by atoms with E-state index in [4.69, 9.17) is 18.9 Å². The number of nitrogens with zero attached hydrogens (tertiary/aromatic N) is 1. The summed E-state index contributed by atoms with van der Waals surface area (Å²) in [5.41, 5.74) is 0. The van der Waals surface area contributed by atoms with Crippen molar-refractivity contribution >= 4 is 17.9 Å². The van der Waals surface area contributed by atoms with Gasteiger partial charge in [-0.15, -0.1) is 0 Å². The molecule has 0 aromatic heterocycles.